The largest absolute Gasteiger partial charge is 0.336 e. The zero-order valence-corrected chi connectivity index (χ0v) is 11.2. The summed E-state index contributed by atoms with van der Waals surface area (Å²) in [4.78, 5) is 7.92. The summed E-state index contributed by atoms with van der Waals surface area (Å²) in [5.41, 5.74) is 2.84. The number of hydrazine groups is 1. The summed E-state index contributed by atoms with van der Waals surface area (Å²) < 4.78 is 0. The minimum Gasteiger partial charge on any atom is -0.336 e. The third-order valence-corrected chi connectivity index (χ3v) is 2.99. The lowest BCUT2D eigenvalue weighted by Gasteiger charge is -2.11. The molecule has 94 valence electrons. The van der Waals surface area contributed by atoms with Gasteiger partial charge >= 0.3 is 0 Å². The Hall–Kier alpha value is -1.27. The fraction of sp³-hybridized carbons (Fsp3) is 0. The van der Waals surface area contributed by atoms with Gasteiger partial charge in [-0.3, -0.25) is 5.43 Å². The molecule has 2 rings (SSSR count). The van der Waals surface area contributed by atoms with E-state index in [1.807, 2.05) is 0 Å². The van der Waals surface area contributed by atoms with Gasteiger partial charge in [0.2, 0.25) is 5.95 Å². The number of anilines is 3. The van der Waals surface area contributed by atoms with E-state index in [-0.39, 0.29) is 5.95 Å². The Morgan fingerprint density at radius 3 is 2.33 bits per heavy atom. The highest BCUT2D eigenvalue weighted by atomic mass is 35.5. The van der Waals surface area contributed by atoms with Crippen molar-refractivity contribution < 1.29 is 0 Å². The number of nitrogens with zero attached hydrogens (tertiary/aromatic N) is 2. The third kappa shape index (κ3) is 2.76. The molecule has 18 heavy (non-hydrogen) atoms. The van der Waals surface area contributed by atoms with Gasteiger partial charge in [-0.25, -0.2) is 10.8 Å². The second-order valence-corrected chi connectivity index (χ2v) is 4.48. The molecule has 0 saturated carbocycles. The first-order valence-electron chi connectivity index (χ1n) is 4.82. The first-order chi connectivity index (χ1) is 8.61. The molecule has 0 radical (unpaired) electrons. The Kier molecular flexibility index (Phi) is 4.08. The summed E-state index contributed by atoms with van der Waals surface area (Å²) in [6, 6.07) is 5.14. The molecule has 0 spiro atoms. The maximum atomic E-state index is 6.03. The highest BCUT2D eigenvalue weighted by Gasteiger charge is 2.10. The Balaban J connectivity index is 2.39. The van der Waals surface area contributed by atoms with E-state index in [1.165, 1.54) is 6.20 Å². The number of halogens is 3. The Labute approximate surface area is 118 Å². The van der Waals surface area contributed by atoms with Crippen LogP contribution >= 0.6 is 34.8 Å². The Morgan fingerprint density at radius 1 is 1.06 bits per heavy atom. The molecule has 0 aliphatic rings. The van der Waals surface area contributed by atoms with Gasteiger partial charge in [0.1, 0.15) is 5.02 Å². The minimum atomic E-state index is 0.227. The molecule has 5 nitrogen and oxygen atoms in total. The van der Waals surface area contributed by atoms with Crippen LogP contribution in [0.4, 0.5) is 17.5 Å². The zero-order chi connectivity index (χ0) is 13.1. The molecule has 0 saturated heterocycles. The van der Waals surface area contributed by atoms with Gasteiger partial charge in [-0.15, -0.1) is 0 Å². The average molecular weight is 305 g/mol. The van der Waals surface area contributed by atoms with Crippen LogP contribution in [0.2, 0.25) is 15.1 Å². The zero-order valence-electron chi connectivity index (χ0n) is 8.92. The van der Waals surface area contributed by atoms with Crippen molar-refractivity contribution in [3.05, 3.63) is 39.5 Å². The van der Waals surface area contributed by atoms with Gasteiger partial charge in [0.15, 0.2) is 5.82 Å². The quantitative estimate of drug-likeness (QED) is 0.598. The van der Waals surface area contributed by atoms with Gasteiger partial charge in [0, 0.05) is 0 Å². The van der Waals surface area contributed by atoms with Crippen molar-refractivity contribution in [3.63, 3.8) is 0 Å². The summed E-state index contributed by atoms with van der Waals surface area (Å²) >= 11 is 18.0. The van der Waals surface area contributed by atoms with Crippen molar-refractivity contribution >= 4 is 52.3 Å². The van der Waals surface area contributed by atoms with E-state index in [2.05, 4.69) is 20.7 Å². The predicted molar refractivity (Wildman–Crippen MR) is 74.6 cm³/mol. The normalized spacial score (nSPS) is 10.2. The third-order valence-electron chi connectivity index (χ3n) is 2.08. The standard InChI is InChI=1S/C10H8Cl3N5/c11-5-2-1-3-6(12)8(5)16-9-7(13)4-15-10(17-9)18-14/h1-4H,14H2,(H2,15,16,17,18). The molecule has 0 bridgehead atoms. The molecule has 0 unspecified atom stereocenters. The minimum absolute atomic E-state index is 0.227. The number of nitrogen functional groups attached to an aromatic ring is 1. The van der Waals surface area contributed by atoms with Crippen molar-refractivity contribution in [2.45, 2.75) is 0 Å². The predicted octanol–water partition coefficient (Wildman–Crippen LogP) is 3.47. The van der Waals surface area contributed by atoms with Gasteiger partial charge < -0.3 is 5.32 Å². The molecule has 0 amide bonds. The van der Waals surface area contributed by atoms with Crippen LogP contribution in [0.15, 0.2) is 24.4 Å². The summed E-state index contributed by atoms with van der Waals surface area (Å²) in [6.07, 6.45) is 1.41. The van der Waals surface area contributed by atoms with Crippen LogP contribution in [-0.4, -0.2) is 9.97 Å². The topological polar surface area (TPSA) is 75.9 Å². The smallest absolute Gasteiger partial charge is 0.239 e. The highest BCUT2D eigenvalue weighted by Crippen LogP contribution is 2.33. The van der Waals surface area contributed by atoms with Crippen LogP contribution in [0, 0.1) is 0 Å². The van der Waals surface area contributed by atoms with Crippen molar-refractivity contribution in [2.24, 2.45) is 5.84 Å². The van der Waals surface area contributed by atoms with Crippen LogP contribution in [0.5, 0.6) is 0 Å². The van der Waals surface area contributed by atoms with Gasteiger partial charge in [-0.2, -0.15) is 4.98 Å². The van der Waals surface area contributed by atoms with E-state index in [1.54, 1.807) is 18.2 Å². The molecule has 1 aromatic carbocycles. The van der Waals surface area contributed by atoms with E-state index in [4.69, 9.17) is 40.6 Å². The second kappa shape index (κ2) is 5.58. The van der Waals surface area contributed by atoms with Crippen LogP contribution in [0.25, 0.3) is 0 Å². The highest BCUT2D eigenvalue weighted by molar-refractivity contribution is 6.39. The second-order valence-electron chi connectivity index (χ2n) is 3.26. The monoisotopic (exact) mass is 303 g/mol. The van der Waals surface area contributed by atoms with Crippen molar-refractivity contribution in [2.75, 3.05) is 10.7 Å². The van der Waals surface area contributed by atoms with Crippen LogP contribution in [0.3, 0.4) is 0 Å². The van der Waals surface area contributed by atoms with E-state index in [9.17, 15) is 0 Å². The molecule has 0 fully saturated rings. The molecule has 1 aromatic heterocycles. The summed E-state index contributed by atoms with van der Waals surface area (Å²) in [6.45, 7) is 0. The number of nitrogens with one attached hydrogen (secondary N) is 2. The fourth-order valence-corrected chi connectivity index (χ4v) is 1.89. The number of nitrogens with two attached hydrogens (primary N) is 1. The molecule has 0 atom stereocenters. The average Bonchev–Trinajstić information content (AvgIpc) is 2.36. The molecule has 8 heteroatoms. The lowest BCUT2D eigenvalue weighted by Crippen LogP contribution is -2.11. The fourth-order valence-electron chi connectivity index (χ4n) is 1.26. The van der Waals surface area contributed by atoms with Crippen molar-refractivity contribution in [1.82, 2.24) is 9.97 Å². The summed E-state index contributed by atoms with van der Waals surface area (Å²) in [7, 11) is 0. The van der Waals surface area contributed by atoms with Crippen LogP contribution < -0.4 is 16.6 Å². The number of benzene rings is 1. The van der Waals surface area contributed by atoms with Crippen LogP contribution in [0.1, 0.15) is 0 Å². The van der Waals surface area contributed by atoms with Gasteiger partial charge in [0.05, 0.1) is 21.9 Å². The number of aromatic nitrogens is 2. The Bertz CT molecular complexity index is 555. The van der Waals surface area contributed by atoms with Gasteiger partial charge in [-0.1, -0.05) is 40.9 Å². The van der Waals surface area contributed by atoms with E-state index < -0.39 is 0 Å². The number of hydrogen-bond acceptors (Lipinski definition) is 5. The van der Waals surface area contributed by atoms with E-state index >= 15 is 0 Å². The molecule has 4 N–H and O–H groups in total. The maximum Gasteiger partial charge on any atom is 0.239 e. The SMILES string of the molecule is NNc1ncc(Cl)c(Nc2c(Cl)cccc2Cl)n1. The molecular weight excluding hydrogens is 297 g/mol. The lowest BCUT2D eigenvalue weighted by atomic mass is 10.3. The summed E-state index contributed by atoms with van der Waals surface area (Å²) in [5, 5.41) is 4.18. The first-order valence-corrected chi connectivity index (χ1v) is 5.95. The number of hydrogen-bond donors (Lipinski definition) is 3. The Morgan fingerprint density at radius 2 is 1.72 bits per heavy atom. The van der Waals surface area contributed by atoms with Gasteiger partial charge in [0.25, 0.3) is 0 Å². The maximum absolute atomic E-state index is 6.03. The van der Waals surface area contributed by atoms with E-state index in [0.717, 1.165) is 0 Å². The molecule has 0 aliphatic heterocycles. The molecule has 2 aromatic rings. The molecule has 0 aliphatic carbocycles. The van der Waals surface area contributed by atoms with E-state index in [0.29, 0.717) is 26.6 Å². The number of para-hydroxylation sites is 1. The lowest BCUT2D eigenvalue weighted by molar-refractivity contribution is 1.12. The van der Waals surface area contributed by atoms with Gasteiger partial charge in [-0.05, 0) is 12.1 Å². The van der Waals surface area contributed by atoms with Crippen molar-refractivity contribution in [3.8, 4) is 0 Å². The van der Waals surface area contributed by atoms with Crippen molar-refractivity contribution in [1.29, 1.82) is 0 Å². The summed E-state index contributed by atoms with van der Waals surface area (Å²) in [5.74, 6) is 5.81. The number of rotatable bonds is 3. The van der Waals surface area contributed by atoms with Crippen LogP contribution in [-0.2, 0) is 0 Å². The first kappa shape index (κ1) is 13.2. The molecular formula is C10H8Cl3N5. The molecule has 1 heterocycles.